The van der Waals surface area contributed by atoms with Crippen LogP contribution in [-0.2, 0) is 14.9 Å². The van der Waals surface area contributed by atoms with Crippen molar-refractivity contribution in [3.05, 3.63) is 22.7 Å². The molecule has 1 aromatic rings. The first kappa shape index (κ1) is 13.0. The number of carbonyl (C=O) groups excluding carboxylic acids is 1. The van der Waals surface area contributed by atoms with Gasteiger partial charge in [0, 0.05) is 17.1 Å². The first-order chi connectivity index (χ1) is 8.54. The van der Waals surface area contributed by atoms with Crippen LogP contribution >= 0.6 is 11.6 Å². The minimum atomic E-state index is -0.767. The largest absolute Gasteiger partial charge is 0.495 e. The van der Waals surface area contributed by atoms with E-state index >= 15 is 0 Å². The Labute approximate surface area is 111 Å². The van der Waals surface area contributed by atoms with Gasteiger partial charge in [-0.25, -0.2) is 0 Å². The van der Waals surface area contributed by atoms with Crippen molar-refractivity contribution in [1.82, 2.24) is 0 Å². The van der Waals surface area contributed by atoms with E-state index in [9.17, 15) is 4.79 Å². The Morgan fingerprint density at radius 2 is 2.28 bits per heavy atom. The first-order valence-electron chi connectivity index (χ1n) is 5.82. The molecule has 0 amide bonds. The van der Waals surface area contributed by atoms with Crippen LogP contribution in [0.15, 0.2) is 12.1 Å². The number of carbonyl (C=O) groups is 1. The lowest BCUT2D eigenvalue weighted by molar-refractivity contribution is -0.148. The number of hydrogen-bond donors (Lipinski definition) is 1. The molecule has 1 aliphatic heterocycles. The Balaban J connectivity index is 2.53. The van der Waals surface area contributed by atoms with Crippen LogP contribution in [0.25, 0.3) is 0 Å². The molecular formula is C13H16ClNO3. The van der Waals surface area contributed by atoms with Crippen molar-refractivity contribution >= 4 is 23.3 Å². The Morgan fingerprint density at radius 3 is 2.89 bits per heavy atom. The summed E-state index contributed by atoms with van der Waals surface area (Å²) in [4.78, 5) is 12.1. The highest BCUT2D eigenvalue weighted by atomic mass is 35.5. The van der Waals surface area contributed by atoms with E-state index in [0.717, 1.165) is 11.3 Å². The third kappa shape index (κ3) is 1.81. The number of fused-ring (bicyclic) bond motifs is 1. The standard InChI is InChI=1S/C13H16ClNO3/c1-4-18-12(16)13(2)7-15-11-9(17-3)6-5-8(14)10(11)13/h5-6,15H,4,7H2,1-3H3. The third-order valence-corrected chi connectivity index (χ3v) is 3.55. The van der Waals surface area contributed by atoms with Gasteiger partial charge in [0.2, 0.25) is 0 Å². The van der Waals surface area contributed by atoms with Crippen LogP contribution in [0.1, 0.15) is 19.4 Å². The summed E-state index contributed by atoms with van der Waals surface area (Å²) >= 11 is 6.22. The van der Waals surface area contributed by atoms with E-state index in [-0.39, 0.29) is 5.97 Å². The number of benzene rings is 1. The van der Waals surface area contributed by atoms with Crippen molar-refractivity contribution in [2.24, 2.45) is 0 Å². The van der Waals surface area contributed by atoms with Crippen LogP contribution in [0.5, 0.6) is 5.75 Å². The number of methoxy groups -OCH3 is 1. The maximum atomic E-state index is 12.1. The molecule has 0 saturated heterocycles. The molecular weight excluding hydrogens is 254 g/mol. The van der Waals surface area contributed by atoms with Crippen LogP contribution < -0.4 is 10.1 Å². The van der Waals surface area contributed by atoms with Crippen molar-refractivity contribution in [3.63, 3.8) is 0 Å². The zero-order chi connectivity index (χ0) is 13.3. The van der Waals surface area contributed by atoms with Crippen molar-refractivity contribution in [3.8, 4) is 5.75 Å². The predicted octanol–water partition coefficient (Wildman–Crippen LogP) is 2.59. The molecule has 0 fully saturated rings. The average molecular weight is 270 g/mol. The van der Waals surface area contributed by atoms with Crippen LogP contribution in [0.4, 0.5) is 5.69 Å². The summed E-state index contributed by atoms with van der Waals surface area (Å²) in [6.07, 6.45) is 0. The smallest absolute Gasteiger partial charge is 0.318 e. The number of ether oxygens (including phenoxy) is 2. The Bertz CT molecular complexity index is 489. The van der Waals surface area contributed by atoms with Gasteiger partial charge in [-0.05, 0) is 26.0 Å². The Hall–Kier alpha value is -1.42. The second kappa shape index (κ2) is 4.69. The van der Waals surface area contributed by atoms with Crippen LogP contribution in [-0.4, -0.2) is 26.2 Å². The SMILES string of the molecule is CCOC(=O)C1(C)CNc2c(OC)ccc(Cl)c21. The maximum absolute atomic E-state index is 12.1. The molecule has 0 spiro atoms. The highest BCUT2D eigenvalue weighted by Crippen LogP contribution is 2.46. The van der Waals surface area contributed by atoms with E-state index < -0.39 is 5.41 Å². The molecule has 4 nitrogen and oxygen atoms in total. The van der Waals surface area contributed by atoms with E-state index in [1.54, 1.807) is 26.2 Å². The quantitative estimate of drug-likeness (QED) is 0.857. The number of nitrogens with one attached hydrogen (secondary N) is 1. The van der Waals surface area contributed by atoms with Gasteiger partial charge in [0.15, 0.2) is 0 Å². The second-order valence-corrected chi connectivity index (χ2v) is 4.81. The molecule has 0 bridgehead atoms. The maximum Gasteiger partial charge on any atom is 0.318 e. The molecule has 0 aliphatic carbocycles. The molecule has 1 heterocycles. The zero-order valence-electron chi connectivity index (χ0n) is 10.7. The molecule has 1 aliphatic rings. The minimum Gasteiger partial charge on any atom is -0.495 e. The molecule has 0 saturated carbocycles. The molecule has 1 aromatic carbocycles. The normalized spacial score (nSPS) is 21.1. The molecule has 2 rings (SSSR count). The van der Waals surface area contributed by atoms with Crippen molar-refractivity contribution in [2.45, 2.75) is 19.3 Å². The highest BCUT2D eigenvalue weighted by Gasteiger charge is 2.45. The Kier molecular flexibility index (Phi) is 3.39. The third-order valence-electron chi connectivity index (χ3n) is 3.23. The first-order valence-corrected chi connectivity index (χ1v) is 6.20. The number of anilines is 1. The summed E-state index contributed by atoms with van der Waals surface area (Å²) in [6, 6.07) is 3.52. The van der Waals surface area contributed by atoms with E-state index in [2.05, 4.69) is 5.32 Å². The number of hydrogen-bond acceptors (Lipinski definition) is 4. The molecule has 98 valence electrons. The van der Waals surface area contributed by atoms with Crippen molar-refractivity contribution < 1.29 is 14.3 Å². The van der Waals surface area contributed by atoms with Crippen LogP contribution in [0, 0.1) is 0 Å². The molecule has 1 atom stereocenters. The molecule has 0 aromatic heterocycles. The second-order valence-electron chi connectivity index (χ2n) is 4.41. The zero-order valence-corrected chi connectivity index (χ0v) is 11.4. The number of esters is 1. The van der Waals surface area contributed by atoms with Gasteiger partial charge in [-0.15, -0.1) is 0 Å². The molecule has 18 heavy (non-hydrogen) atoms. The van der Waals surface area contributed by atoms with Gasteiger partial charge < -0.3 is 14.8 Å². The summed E-state index contributed by atoms with van der Waals surface area (Å²) < 4.78 is 10.4. The lowest BCUT2D eigenvalue weighted by atomic mass is 9.84. The van der Waals surface area contributed by atoms with E-state index in [0.29, 0.717) is 23.9 Å². The summed E-state index contributed by atoms with van der Waals surface area (Å²) in [5.41, 5.74) is 0.763. The lowest BCUT2D eigenvalue weighted by Crippen LogP contribution is -2.36. The fourth-order valence-corrected chi connectivity index (χ4v) is 2.63. The number of halogens is 1. The predicted molar refractivity (Wildman–Crippen MR) is 70.5 cm³/mol. The molecule has 5 heteroatoms. The van der Waals surface area contributed by atoms with Gasteiger partial charge in [-0.3, -0.25) is 4.79 Å². The molecule has 1 N–H and O–H groups in total. The van der Waals surface area contributed by atoms with Crippen molar-refractivity contribution in [1.29, 1.82) is 0 Å². The van der Waals surface area contributed by atoms with Gasteiger partial charge in [-0.2, -0.15) is 0 Å². The Morgan fingerprint density at radius 1 is 1.56 bits per heavy atom. The summed E-state index contributed by atoms with van der Waals surface area (Å²) in [5.74, 6) is 0.411. The lowest BCUT2D eigenvalue weighted by Gasteiger charge is -2.22. The monoisotopic (exact) mass is 269 g/mol. The van der Waals surface area contributed by atoms with Gasteiger partial charge in [0.1, 0.15) is 11.2 Å². The fourth-order valence-electron chi connectivity index (χ4n) is 2.26. The molecule has 0 radical (unpaired) electrons. The minimum absolute atomic E-state index is 0.272. The van der Waals surface area contributed by atoms with Gasteiger partial charge in [-0.1, -0.05) is 11.6 Å². The molecule has 1 unspecified atom stereocenters. The van der Waals surface area contributed by atoms with Crippen LogP contribution in [0.3, 0.4) is 0 Å². The summed E-state index contributed by atoms with van der Waals surface area (Å²) in [5, 5.41) is 3.73. The number of rotatable bonds is 3. The topological polar surface area (TPSA) is 47.6 Å². The summed E-state index contributed by atoms with van der Waals surface area (Å²) in [6.45, 7) is 4.43. The van der Waals surface area contributed by atoms with E-state index in [4.69, 9.17) is 21.1 Å². The highest BCUT2D eigenvalue weighted by molar-refractivity contribution is 6.32. The van der Waals surface area contributed by atoms with E-state index in [1.807, 2.05) is 6.92 Å². The summed E-state index contributed by atoms with van der Waals surface area (Å²) in [7, 11) is 1.59. The van der Waals surface area contributed by atoms with E-state index in [1.165, 1.54) is 0 Å². The van der Waals surface area contributed by atoms with Crippen molar-refractivity contribution in [2.75, 3.05) is 25.6 Å². The average Bonchev–Trinajstić information content (AvgIpc) is 2.71. The van der Waals surface area contributed by atoms with Gasteiger partial charge in [0.25, 0.3) is 0 Å². The van der Waals surface area contributed by atoms with Gasteiger partial charge in [0.05, 0.1) is 19.4 Å². The fraction of sp³-hybridized carbons (Fsp3) is 0.462. The van der Waals surface area contributed by atoms with Gasteiger partial charge >= 0.3 is 5.97 Å². The van der Waals surface area contributed by atoms with Crippen LogP contribution in [0.2, 0.25) is 5.02 Å².